The maximum atomic E-state index is 11.8. The Balaban J connectivity index is 4.16. The number of alkyl halides is 2. The van der Waals surface area contributed by atoms with Crippen LogP contribution in [0.5, 0.6) is 0 Å². The third kappa shape index (κ3) is 5.11. The van der Waals surface area contributed by atoms with Crippen LogP contribution in [0.3, 0.4) is 0 Å². The van der Waals surface area contributed by atoms with Gasteiger partial charge in [0.15, 0.2) is 6.04 Å². The highest BCUT2D eigenvalue weighted by atomic mass is 19.3. The van der Waals surface area contributed by atoms with E-state index in [0.717, 1.165) is 7.05 Å². The molecule has 15 heavy (non-hydrogen) atoms. The molecule has 1 atom stereocenters. The maximum Gasteiger partial charge on any atom is 0.328 e. The number of urea groups is 1. The van der Waals surface area contributed by atoms with Gasteiger partial charge in [-0.15, -0.1) is 0 Å². The average molecular weight is 226 g/mol. The van der Waals surface area contributed by atoms with E-state index in [2.05, 4.69) is 0 Å². The highest BCUT2D eigenvalue weighted by molar-refractivity contribution is 5.82. The second kappa shape index (κ2) is 6.12. The second-order valence-corrected chi connectivity index (χ2v) is 2.79. The molecular weight excluding hydrogens is 214 g/mol. The van der Waals surface area contributed by atoms with E-state index in [0.29, 0.717) is 4.90 Å². The lowest BCUT2D eigenvalue weighted by molar-refractivity contribution is -0.140. The van der Waals surface area contributed by atoms with E-state index in [1.807, 2.05) is 5.32 Å². The van der Waals surface area contributed by atoms with Gasteiger partial charge in [-0.1, -0.05) is 0 Å². The Kier molecular flexibility index (Phi) is 5.53. The summed E-state index contributed by atoms with van der Waals surface area (Å²) in [6.07, 6.45) is -2.70. The number of carboxylic acids is 1. The van der Waals surface area contributed by atoms with Crippen molar-refractivity contribution >= 4 is 12.0 Å². The lowest BCUT2D eigenvalue weighted by Gasteiger charge is -2.19. The van der Waals surface area contributed by atoms with Crippen molar-refractivity contribution in [2.45, 2.75) is 12.5 Å². The molecule has 0 saturated heterocycles. The Labute approximate surface area is 84.5 Å². The monoisotopic (exact) mass is 226 g/mol. The number of aliphatic hydroxyl groups is 1. The Bertz CT molecular complexity index is 237. The van der Waals surface area contributed by atoms with Gasteiger partial charge in [-0.25, -0.2) is 18.4 Å². The van der Waals surface area contributed by atoms with Gasteiger partial charge in [0.1, 0.15) is 0 Å². The lowest BCUT2D eigenvalue weighted by Crippen LogP contribution is -2.49. The number of aliphatic carboxylic acids is 1. The van der Waals surface area contributed by atoms with Crippen molar-refractivity contribution in [2.24, 2.45) is 0 Å². The summed E-state index contributed by atoms with van der Waals surface area (Å²) in [5, 5.41) is 18.9. The number of hydrogen-bond acceptors (Lipinski definition) is 3. The number of amides is 2. The fourth-order valence-electron chi connectivity index (χ4n) is 0.735. The van der Waals surface area contributed by atoms with Gasteiger partial charge in [-0.3, -0.25) is 0 Å². The third-order valence-electron chi connectivity index (χ3n) is 1.54. The first-order valence-electron chi connectivity index (χ1n) is 4.02. The molecule has 0 radical (unpaired) electrons. The van der Waals surface area contributed by atoms with Gasteiger partial charge in [0.2, 0.25) is 0 Å². The Morgan fingerprint density at radius 2 is 2.00 bits per heavy atom. The van der Waals surface area contributed by atoms with Crippen LogP contribution in [0.2, 0.25) is 0 Å². The molecule has 0 saturated carbocycles. The molecule has 0 bridgehead atoms. The topological polar surface area (TPSA) is 89.9 Å². The van der Waals surface area contributed by atoms with Crippen molar-refractivity contribution in [2.75, 3.05) is 20.2 Å². The molecule has 0 fully saturated rings. The van der Waals surface area contributed by atoms with E-state index in [-0.39, 0.29) is 0 Å². The molecule has 2 amide bonds. The standard InChI is InChI=1S/C7H12F2N2O4/c1-11(2-5(8)9)7(15)10-4(3-12)6(13)14/h4-5,12H,2-3H2,1H3,(H,10,15)(H,13,14)/t4-/m1/s1. The normalized spacial score (nSPS) is 12.3. The van der Waals surface area contributed by atoms with E-state index in [1.165, 1.54) is 0 Å². The van der Waals surface area contributed by atoms with Gasteiger partial charge in [-0.05, 0) is 0 Å². The summed E-state index contributed by atoms with van der Waals surface area (Å²) in [5.41, 5.74) is 0. The van der Waals surface area contributed by atoms with Crippen LogP contribution >= 0.6 is 0 Å². The van der Waals surface area contributed by atoms with E-state index >= 15 is 0 Å². The van der Waals surface area contributed by atoms with Crippen LogP contribution in [0.15, 0.2) is 0 Å². The molecule has 8 heteroatoms. The predicted octanol–water partition coefficient (Wildman–Crippen LogP) is -0.662. The zero-order valence-corrected chi connectivity index (χ0v) is 7.98. The van der Waals surface area contributed by atoms with Crippen LogP contribution in [0, 0.1) is 0 Å². The number of nitrogens with zero attached hydrogens (tertiary/aromatic N) is 1. The number of hydrogen-bond donors (Lipinski definition) is 3. The number of nitrogens with one attached hydrogen (secondary N) is 1. The number of aliphatic hydroxyl groups excluding tert-OH is 1. The minimum absolute atomic E-state index is 0.635. The summed E-state index contributed by atoms with van der Waals surface area (Å²) in [5.74, 6) is -1.43. The summed E-state index contributed by atoms with van der Waals surface area (Å²) in [4.78, 5) is 22.1. The maximum absolute atomic E-state index is 11.8. The smallest absolute Gasteiger partial charge is 0.328 e. The van der Waals surface area contributed by atoms with Crippen molar-refractivity contribution in [3.05, 3.63) is 0 Å². The highest BCUT2D eigenvalue weighted by Crippen LogP contribution is 1.96. The summed E-state index contributed by atoms with van der Waals surface area (Å²) in [6, 6.07) is -2.46. The molecule has 0 spiro atoms. The fraction of sp³-hybridized carbons (Fsp3) is 0.714. The summed E-state index contributed by atoms with van der Waals surface area (Å²) >= 11 is 0. The summed E-state index contributed by atoms with van der Waals surface area (Å²) < 4.78 is 23.7. The van der Waals surface area contributed by atoms with Crippen LogP contribution < -0.4 is 5.32 Å². The molecule has 88 valence electrons. The largest absolute Gasteiger partial charge is 0.480 e. The number of carbonyl (C=O) groups excluding carboxylic acids is 1. The molecule has 0 aliphatic heterocycles. The first kappa shape index (κ1) is 13.6. The molecular formula is C7H12F2N2O4. The van der Waals surface area contributed by atoms with Gasteiger partial charge in [0.05, 0.1) is 13.2 Å². The zero-order chi connectivity index (χ0) is 12.0. The minimum atomic E-state index is -2.70. The van der Waals surface area contributed by atoms with Gasteiger partial charge in [0.25, 0.3) is 6.43 Å². The van der Waals surface area contributed by atoms with Gasteiger partial charge in [-0.2, -0.15) is 0 Å². The van der Waals surface area contributed by atoms with Crippen LogP contribution in [0.4, 0.5) is 13.6 Å². The van der Waals surface area contributed by atoms with Crippen molar-refractivity contribution < 1.29 is 28.6 Å². The molecule has 0 aliphatic carbocycles. The molecule has 0 unspecified atom stereocenters. The zero-order valence-electron chi connectivity index (χ0n) is 7.98. The predicted molar refractivity (Wildman–Crippen MR) is 45.7 cm³/mol. The first-order chi connectivity index (χ1) is 6.88. The van der Waals surface area contributed by atoms with Gasteiger partial charge < -0.3 is 20.4 Å². The lowest BCUT2D eigenvalue weighted by atomic mass is 10.3. The summed E-state index contributed by atoms with van der Waals surface area (Å²) in [7, 11) is 1.10. The Hall–Kier alpha value is -1.44. The SMILES string of the molecule is CN(CC(F)F)C(=O)N[C@H](CO)C(=O)O. The quantitative estimate of drug-likeness (QED) is 0.580. The summed E-state index contributed by atoms with van der Waals surface area (Å²) in [6.45, 7) is -1.60. The first-order valence-corrected chi connectivity index (χ1v) is 4.02. The molecule has 0 aliphatic rings. The van der Waals surface area contributed by atoms with Crippen LogP contribution in [0.1, 0.15) is 0 Å². The molecule has 0 aromatic heterocycles. The highest BCUT2D eigenvalue weighted by Gasteiger charge is 2.21. The Morgan fingerprint density at radius 1 is 1.47 bits per heavy atom. The van der Waals surface area contributed by atoms with Crippen molar-refractivity contribution in [3.8, 4) is 0 Å². The van der Waals surface area contributed by atoms with E-state index in [1.54, 1.807) is 0 Å². The van der Waals surface area contributed by atoms with E-state index in [9.17, 15) is 18.4 Å². The van der Waals surface area contributed by atoms with Crippen molar-refractivity contribution in [1.29, 1.82) is 0 Å². The van der Waals surface area contributed by atoms with Crippen LogP contribution in [-0.4, -0.2) is 59.8 Å². The minimum Gasteiger partial charge on any atom is -0.480 e. The second-order valence-electron chi connectivity index (χ2n) is 2.79. The van der Waals surface area contributed by atoms with Crippen LogP contribution in [-0.2, 0) is 4.79 Å². The van der Waals surface area contributed by atoms with Crippen molar-refractivity contribution in [1.82, 2.24) is 10.2 Å². The van der Waals surface area contributed by atoms with Crippen LogP contribution in [0.25, 0.3) is 0 Å². The fourth-order valence-corrected chi connectivity index (χ4v) is 0.735. The van der Waals surface area contributed by atoms with Gasteiger partial charge in [0, 0.05) is 7.05 Å². The molecule has 0 heterocycles. The molecule has 0 rings (SSSR count). The number of carbonyl (C=O) groups is 2. The number of rotatable bonds is 5. The van der Waals surface area contributed by atoms with Crippen molar-refractivity contribution in [3.63, 3.8) is 0 Å². The Morgan fingerprint density at radius 3 is 2.33 bits per heavy atom. The van der Waals surface area contributed by atoms with E-state index in [4.69, 9.17) is 10.2 Å². The number of halogens is 2. The average Bonchev–Trinajstić information content (AvgIpc) is 2.11. The van der Waals surface area contributed by atoms with E-state index < -0.39 is 37.6 Å². The molecule has 6 nitrogen and oxygen atoms in total. The number of carboxylic acid groups (broad SMARTS) is 1. The molecule has 0 aromatic rings. The third-order valence-corrected chi connectivity index (χ3v) is 1.54. The molecule has 3 N–H and O–H groups in total. The van der Waals surface area contributed by atoms with Gasteiger partial charge >= 0.3 is 12.0 Å². The molecule has 0 aromatic carbocycles.